The van der Waals surface area contributed by atoms with Gasteiger partial charge in [0.1, 0.15) is 17.6 Å². The third-order valence-corrected chi connectivity index (χ3v) is 5.12. The maximum absolute atomic E-state index is 12.1. The molecule has 2 aromatic rings. The van der Waals surface area contributed by atoms with Gasteiger partial charge in [-0.3, -0.25) is 0 Å². The van der Waals surface area contributed by atoms with E-state index in [0.717, 1.165) is 0 Å². The fraction of sp³-hybridized carbons (Fsp3) is 0.231. The summed E-state index contributed by atoms with van der Waals surface area (Å²) in [7, 11) is -3.69. The molecule has 1 heterocycles. The number of sulfonamides is 1. The van der Waals surface area contributed by atoms with Crippen LogP contribution in [0, 0.1) is 6.92 Å². The summed E-state index contributed by atoms with van der Waals surface area (Å²) in [5.41, 5.74) is 0. The van der Waals surface area contributed by atoms with E-state index in [1.54, 1.807) is 37.3 Å². The smallest absolute Gasteiger partial charge is 0.241 e. The molecular weight excluding hydrogens is 346 g/mol. The molecule has 5 nitrogen and oxygen atoms in total. The third-order valence-electron chi connectivity index (χ3n) is 2.68. The van der Waals surface area contributed by atoms with Gasteiger partial charge in [0.15, 0.2) is 0 Å². The van der Waals surface area contributed by atoms with Crippen molar-refractivity contribution < 1.29 is 17.9 Å². The van der Waals surface area contributed by atoms with E-state index in [1.807, 2.05) is 0 Å². The van der Waals surface area contributed by atoms with E-state index in [-0.39, 0.29) is 11.4 Å². The van der Waals surface area contributed by atoms with Gasteiger partial charge in [-0.05, 0) is 47.1 Å². The maximum Gasteiger partial charge on any atom is 0.241 e. The SMILES string of the molecule is Cc1ccc([C@H](O)CNS(=O)(=O)c2ccccc2Br)o1. The van der Waals surface area contributed by atoms with E-state index in [1.165, 1.54) is 6.07 Å². The van der Waals surface area contributed by atoms with Crippen molar-refractivity contribution in [3.05, 3.63) is 52.4 Å². The number of aliphatic hydroxyl groups excluding tert-OH is 1. The van der Waals surface area contributed by atoms with E-state index in [9.17, 15) is 13.5 Å². The minimum atomic E-state index is -3.69. The standard InChI is InChI=1S/C13H14BrNO4S/c1-9-6-7-12(19-9)11(16)8-15-20(17,18)13-5-3-2-4-10(13)14/h2-7,11,15-16H,8H2,1H3/t11-/m1/s1. The first-order valence-corrected chi connectivity index (χ1v) is 8.16. The summed E-state index contributed by atoms with van der Waals surface area (Å²) in [6.45, 7) is 1.60. The highest BCUT2D eigenvalue weighted by molar-refractivity contribution is 9.10. The quantitative estimate of drug-likeness (QED) is 0.858. The van der Waals surface area contributed by atoms with Crippen molar-refractivity contribution in [1.29, 1.82) is 0 Å². The minimum Gasteiger partial charge on any atom is -0.464 e. The highest BCUT2D eigenvalue weighted by atomic mass is 79.9. The molecule has 20 heavy (non-hydrogen) atoms. The Hall–Kier alpha value is -1.15. The molecule has 0 bridgehead atoms. The molecule has 2 rings (SSSR count). The number of hydrogen-bond acceptors (Lipinski definition) is 4. The first-order chi connectivity index (χ1) is 9.40. The predicted molar refractivity (Wildman–Crippen MR) is 77.7 cm³/mol. The Labute approximate surface area is 125 Å². The lowest BCUT2D eigenvalue weighted by Gasteiger charge is -2.11. The Balaban J connectivity index is 2.08. The molecule has 0 saturated carbocycles. The molecule has 2 N–H and O–H groups in total. The number of rotatable bonds is 5. The lowest BCUT2D eigenvalue weighted by Crippen LogP contribution is -2.28. The van der Waals surface area contributed by atoms with Gasteiger partial charge < -0.3 is 9.52 Å². The monoisotopic (exact) mass is 359 g/mol. The van der Waals surface area contributed by atoms with Crippen LogP contribution in [-0.4, -0.2) is 20.1 Å². The number of hydrogen-bond donors (Lipinski definition) is 2. The van der Waals surface area contributed by atoms with Crippen LogP contribution in [0.2, 0.25) is 0 Å². The molecule has 0 aliphatic carbocycles. The molecule has 0 fully saturated rings. The van der Waals surface area contributed by atoms with E-state index >= 15 is 0 Å². The van der Waals surface area contributed by atoms with E-state index in [2.05, 4.69) is 20.7 Å². The second-order valence-electron chi connectivity index (χ2n) is 4.25. The van der Waals surface area contributed by atoms with Gasteiger partial charge in [-0.1, -0.05) is 12.1 Å². The summed E-state index contributed by atoms with van der Waals surface area (Å²) >= 11 is 3.19. The number of nitrogens with one attached hydrogen (secondary N) is 1. The summed E-state index contributed by atoms with van der Waals surface area (Å²) in [5, 5.41) is 9.88. The predicted octanol–water partition coefficient (Wildman–Crippen LogP) is 2.36. The fourth-order valence-electron chi connectivity index (χ4n) is 1.66. The maximum atomic E-state index is 12.1. The van der Waals surface area contributed by atoms with Gasteiger partial charge in [0.05, 0.1) is 4.90 Å². The van der Waals surface area contributed by atoms with Gasteiger partial charge in [-0.2, -0.15) is 0 Å². The Morgan fingerprint density at radius 3 is 2.60 bits per heavy atom. The van der Waals surface area contributed by atoms with Crippen LogP contribution >= 0.6 is 15.9 Å². The number of aryl methyl sites for hydroxylation is 1. The van der Waals surface area contributed by atoms with Gasteiger partial charge >= 0.3 is 0 Å². The summed E-state index contributed by atoms with van der Waals surface area (Å²) in [4.78, 5) is 0.128. The Morgan fingerprint density at radius 2 is 2.00 bits per heavy atom. The van der Waals surface area contributed by atoms with Gasteiger partial charge in [0.2, 0.25) is 10.0 Å². The van der Waals surface area contributed by atoms with Crippen LogP contribution in [0.3, 0.4) is 0 Å². The lowest BCUT2D eigenvalue weighted by atomic mass is 10.3. The van der Waals surface area contributed by atoms with Crippen LogP contribution in [-0.2, 0) is 10.0 Å². The van der Waals surface area contributed by atoms with Crippen molar-refractivity contribution in [2.45, 2.75) is 17.9 Å². The van der Waals surface area contributed by atoms with Gasteiger partial charge in [-0.15, -0.1) is 0 Å². The van der Waals surface area contributed by atoms with Crippen LogP contribution in [0.15, 0.2) is 50.2 Å². The van der Waals surface area contributed by atoms with Crippen LogP contribution < -0.4 is 4.72 Å². The first kappa shape index (κ1) is 15.2. The van der Waals surface area contributed by atoms with Gasteiger partial charge in [0.25, 0.3) is 0 Å². The molecule has 1 aromatic heterocycles. The number of furan rings is 1. The second kappa shape index (κ2) is 6.09. The topological polar surface area (TPSA) is 79.5 Å². The Kier molecular flexibility index (Phi) is 4.64. The lowest BCUT2D eigenvalue weighted by molar-refractivity contribution is 0.152. The Bertz CT molecular complexity index is 696. The molecule has 0 saturated heterocycles. The summed E-state index contributed by atoms with van der Waals surface area (Å²) in [6.07, 6.45) is -1.03. The van der Waals surface area contributed by atoms with Crippen LogP contribution in [0.25, 0.3) is 0 Å². The number of aliphatic hydroxyl groups is 1. The highest BCUT2D eigenvalue weighted by Gasteiger charge is 2.20. The molecular formula is C13H14BrNO4S. The van der Waals surface area contributed by atoms with Crippen molar-refractivity contribution in [3.8, 4) is 0 Å². The fourth-order valence-corrected chi connectivity index (χ4v) is 3.70. The molecule has 0 unspecified atom stereocenters. The second-order valence-corrected chi connectivity index (χ2v) is 6.84. The van der Waals surface area contributed by atoms with Crippen LogP contribution in [0.1, 0.15) is 17.6 Å². The molecule has 0 aliphatic rings. The van der Waals surface area contributed by atoms with Gasteiger partial charge in [0, 0.05) is 11.0 Å². The molecule has 0 amide bonds. The molecule has 0 aliphatic heterocycles. The number of benzene rings is 1. The zero-order valence-corrected chi connectivity index (χ0v) is 13.1. The molecule has 1 atom stereocenters. The van der Waals surface area contributed by atoms with Crippen molar-refractivity contribution in [1.82, 2.24) is 4.72 Å². The zero-order chi connectivity index (χ0) is 14.8. The third kappa shape index (κ3) is 3.49. The Morgan fingerprint density at radius 1 is 1.30 bits per heavy atom. The average Bonchev–Trinajstić information content (AvgIpc) is 2.83. The zero-order valence-electron chi connectivity index (χ0n) is 10.7. The van der Waals surface area contributed by atoms with E-state index in [0.29, 0.717) is 16.0 Å². The van der Waals surface area contributed by atoms with Crippen molar-refractivity contribution in [3.63, 3.8) is 0 Å². The first-order valence-electron chi connectivity index (χ1n) is 5.89. The van der Waals surface area contributed by atoms with Crippen molar-refractivity contribution in [2.24, 2.45) is 0 Å². The molecule has 0 radical (unpaired) electrons. The van der Waals surface area contributed by atoms with Crippen LogP contribution in [0.5, 0.6) is 0 Å². The highest BCUT2D eigenvalue weighted by Crippen LogP contribution is 2.21. The minimum absolute atomic E-state index is 0.128. The van der Waals surface area contributed by atoms with E-state index < -0.39 is 16.1 Å². The average molecular weight is 360 g/mol. The summed E-state index contributed by atoms with van der Waals surface area (Å²) in [5.74, 6) is 0.991. The molecule has 1 aromatic carbocycles. The summed E-state index contributed by atoms with van der Waals surface area (Å²) in [6, 6.07) is 9.81. The normalized spacial score (nSPS) is 13.3. The molecule has 7 heteroatoms. The van der Waals surface area contributed by atoms with Gasteiger partial charge in [-0.25, -0.2) is 13.1 Å². The molecule has 108 valence electrons. The van der Waals surface area contributed by atoms with Crippen LogP contribution in [0.4, 0.5) is 0 Å². The molecule has 0 spiro atoms. The number of halogens is 1. The largest absolute Gasteiger partial charge is 0.464 e. The van der Waals surface area contributed by atoms with E-state index in [4.69, 9.17) is 4.42 Å². The van der Waals surface area contributed by atoms with Crippen molar-refractivity contribution >= 4 is 26.0 Å². The summed E-state index contributed by atoms with van der Waals surface area (Å²) < 4.78 is 32.3. The van der Waals surface area contributed by atoms with Crippen molar-refractivity contribution in [2.75, 3.05) is 6.54 Å².